The molecule has 3 N–H and O–H groups in total. The lowest BCUT2D eigenvalue weighted by Crippen LogP contribution is -2.31. The van der Waals surface area contributed by atoms with Gasteiger partial charge in [0.2, 0.25) is 12.3 Å². The van der Waals surface area contributed by atoms with Gasteiger partial charge in [0, 0.05) is 32.5 Å². The first-order valence-corrected chi connectivity index (χ1v) is 11.6. The van der Waals surface area contributed by atoms with Crippen LogP contribution in [0.3, 0.4) is 0 Å². The number of aromatic nitrogens is 1. The summed E-state index contributed by atoms with van der Waals surface area (Å²) in [7, 11) is 3.46. The number of benzene rings is 1. The monoisotopic (exact) mass is 524 g/mol. The minimum absolute atomic E-state index is 0.00393. The van der Waals surface area contributed by atoms with Crippen molar-refractivity contribution in [1.82, 2.24) is 10.3 Å². The molecule has 206 valence electrons. The van der Waals surface area contributed by atoms with E-state index >= 15 is 0 Å². The first-order valence-electron chi connectivity index (χ1n) is 11.6. The number of halogens is 3. The highest BCUT2D eigenvalue weighted by Crippen LogP contribution is 2.20. The molecule has 1 amide bonds. The van der Waals surface area contributed by atoms with Crippen LogP contribution in [0.15, 0.2) is 46.5 Å². The summed E-state index contributed by atoms with van der Waals surface area (Å²) < 4.78 is 33.7. The topological polar surface area (TPSA) is 108 Å². The highest BCUT2D eigenvalue weighted by Gasteiger charge is 2.12. The van der Waals surface area contributed by atoms with E-state index in [1.54, 1.807) is 32.4 Å². The van der Waals surface area contributed by atoms with Gasteiger partial charge in [-0.15, -0.1) is 0 Å². The number of hydrogen-bond donors (Lipinski definition) is 3. The molecule has 0 spiro atoms. The maximum Gasteiger partial charge on any atom is 0.238 e. The second-order valence-electron chi connectivity index (χ2n) is 7.23. The maximum absolute atomic E-state index is 13.0. The van der Waals surface area contributed by atoms with Crippen LogP contribution in [0.25, 0.3) is 0 Å². The van der Waals surface area contributed by atoms with Crippen LogP contribution in [-0.2, 0) is 9.59 Å². The van der Waals surface area contributed by atoms with E-state index in [4.69, 9.17) is 4.79 Å². The number of rotatable bonds is 9. The van der Waals surface area contributed by atoms with Crippen molar-refractivity contribution in [2.75, 3.05) is 31.3 Å². The lowest BCUT2D eigenvalue weighted by molar-refractivity contribution is -0.115. The Morgan fingerprint density at radius 3 is 2.27 bits per heavy atom. The first kappa shape index (κ1) is 35.6. The molecular weight excluding hydrogens is 485 g/mol. The van der Waals surface area contributed by atoms with E-state index in [2.05, 4.69) is 30.9 Å². The minimum Gasteiger partial charge on any atom is -0.371 e. The van der Waals surface area contributed by atoms with Gasteiger partial charge in [-0.25, -0.2) is 23.1 Å². The molecule has 0 bridgehead atoms. The Morgan fingerprint density at radius 2 is 1.78 bits per heavy atom. The highest BCUT2D eigenvalue weighted by molar-refractivity contribution is 5.94. The van der Waals surface area contributed by atoms with Crippen LogP contribution in [0.1, 0.15) is 50.8 Å². The fourth-order valence-corrected chi connectivity index (χ4v) is 2.69. The molecule has 1 heterocycles. The number of aryl methyl sites for hydroxylation is 1. The predicted molar refractivity (Wildman–Crippen MR) is 147 cm³/mol. The van der Waals surface area contributed by atoms with E-state index in [0.717, 1.165) is 30.9 Å². The number of nitrogens with zero attached hydrogens (tertiary/aromatic N) is 3. The molecule has 0 aliphatic heterocycles. The molecular formula is C26H39F3N6O2. The third-order valence-electron chi connectivity index (χ3n) is 4.20. The number of nitrogens with one attached hydrogen (secondary N) is 3. The van der Waals surface area contributed by atoms with E-state index in [0.29, 0.717) is 11.5 Å². The fraction of sp³-hybridized carbons (Fsp3) is 0.423. The number of alkyl halides is 2. The number of pyridine rings is 1. The Labute approximate surface area is 217 Å². The molecule has 1 atom stereocenters. The zero-order valence-electron chi connectivity index (χ0n) is 22.4. The van der Waals surface area contributed by atoms with Crippen LogP contribution < -0.4 is 16.0 Å². The van der Waals surface area contributed by atoms with Crippen molar-refractivity contribution in [3.8, 4) is 0 Å². The maximum atomic E-state index is 13.0. The molecule has 0 radical (unpaired) electrons. The van der Waals surface area contributed by atoms with Crippen molar-refractivity contribution < 1.29 is 22.8 Å². The van der Waals surface area contributed by atoms with Gasteiger partial charge < -0.3 is 20.7 Å². The lowest BCUT2D eigenvalue weighted by Gasteiger charge is -2.18. The van der Waals surface area contributed by atoms with Crippen LogP contribution in [0.5, 0.6) is 0 Å². The fourth-order valence-electron chi connectivity index (χ4n) is 2.69. The number of carbonyl (C=O) groups is 2. The standard InChI is InChI=1S/C18H23FN4O.C5H10N2.C2H4F2.CH2O/c1-4-15(13-5-7-14(19)8-6-13)21-11-17(24)23-16-9-12(2)10-22-18(16)20-3;1-3-4-7-5-6-2;1-2(3)4;1-2/h5-10,15,21H,4,11H2,1-3H3,(H,20,22)(H,23,24);4-5H,3H2,1-2H3;2H,1H3;1H2. The van der Waals surface area contributed by atoms with Crippen LogP contribution in [0, 0.1) is 12.7 Å². The van der Waals surface area contributed by atoms with Gasteiger partial charge in [-0.2, -0.15) is 0 Å². The van der Waals surface area contributed by atoms with Crippen molar-refractivity contribution in [2.24, 2.45) is 9.98 Å². The van der Waals surface area contributed by atoms with Crippen molar-refractivity contribution in [3.05, 3.63) is 53.5 Å². The Morgan fingerprint density at radius 1 is 1.19 bits per heavy atom. The summed E-state index contributed by atoms with van der Waals surface area (Å²) in [5, 5.41) is 9.01. The van der Waals surface area contributed by atoms with E-state index in [9.17, 15) is 18.0 Å². The average Bonchev–Trinajstić information content (AvgIpc) is 2.87. The van der Waals surface area contributed by atoms with Crippen molar-refractivity contribution >= 4 is 36.8 Å². The van der Waals surface area contributed by atoms with Crippen LogP contribution in [0.4, 0.5) is 24.7 Å². The van der Waals surface area contributed by atoms with Crippen LogP contribution >= 0.6 is 0 Å². The number of hydrogen-bond acceptors (Lipinski definition) is 6. The van der Waals surface area contributed by atoms with E-state index in [-0.39, 0.29) is 24.3 Å². The molecule has 0 saturated carbocycles. The van der Waals surface area contributed by atoms with Gasteiger partial charge in [-0.3, -0.25) is 9.79 Å². The van der Waals surface area contributed by atoms with E-state index in [1.165, 1.54) is 18.5 Å². The number of amides is 1. The molecule has 11 heteroatoms. The van der Waals surface area contributed by atoms with Gasteiger partial charge in [-0.1, -0.05) is 26.0 Å². The summed E-state index contributed by atoms with van der Waals surface area (Å²) in [5.74, 6) is 0.205. The summed E-state index contributed by atoms with van der Waals surface area (Å²) in [6.07, 6.45) is 4.69. The smallest absolute Gasteiger partial charge is 0.238 e. The second-order valence-corrected chi connectivity index (χ2v) is 7.23. The molecule has 0 saturated heterocycles. The minimum atomic E-state index is -2.17. The van der Waals surface area contributed by atoms with E-state index in [1.807, 2.05) is 39.8 Å². The molecule has 2 rings (SSSR count). The summed E-state index contributed by atoms with van der Waals surface area (Å²) in [6.45, 7) is 8.96. The molecule has 0 aliphatic rings. The Hall–Kier alpha value is -3.60. The SMILES string of the molecule is C=O.CC(F)F.CCC(NCC(=O)Nc1cc(C)cnc1NC)c1ccc(F)cc1.CCC=NC=NC. The molecule has 0 fully saturated rings. The largest absolute Gasteiger partial charge is 0.371 e. The molecule has 1 aromatic carbocycles. The van der Waals surface area contributed by atoms with Gasteiger partial charge in [-0.05, 0) is 56.0 Å². The van der Waals surface area contributed by atoms with Gasteiger partial charge in [0.1, 0.15) is 24.8 Å². The first-order chi connectivity index (χ1) is 17.7. The molecule has 0 aliphatic carbocycles. The summed E-state index contributed by atoms with van der Waals surface area (Å²) in [6, 6.07) is 8.19. The van der Waals surface area contributed by atoms with Crippen molar-refractivity contribution in [1.29, 1.82) is 0 Å². The highest BCUT2D eigenvalue weighted by atomic mass is 19.3. The summed E-state index contributed by atoms with van der Waals surface area (Å²) >= 11 is 0. The second kappa shape index (κ2) is 22.8. The third-order valence-corrected chi connectivity index (χ3v) is 4.20. The van der Waals surface area contributed by atoms with Gasteiger partial charge >= 0.3 is 0 Å². The molecule has 37 heavy (non-hydrogen) atoms. The average molecular weight is 525 g/mol. The zero-order chi connectivity index (χ0) is 28.6. The summed E-state index contributed by atoms with van der Waals surface area (Å²) in [5.41, 5.74) is 2.58. The summed E-state index contributed by atoms with van der Waals surface area (Å²) in [4.78, 5) is 31.9. The normalized spacial score (nSPS) is 11.0. The molecule has 2 aromatic rings. The predicted octanol–water partition coefficient (Wildman–Crippen LogP) is 5.46. The van der Waals surface area contributed by atoms with Crippen molar-refractivity contribution in [3.63, 3.8) is 0 Å². The Bertz CT molecular complexity index is 922. The van der Waals surface area contributed by atoms with Gasteiger partial charge in [0.05, 0.1) is 12.2 Å². The van der Waals surface area contributed by atoms with Gasteiger partial charge in [0.25, 0.3) is 0 Å². The number of aliphatic imine (C=N–C) groups is 2. The van der Waals surface area contributed by atoms with Crippen molar-refractivity contribution in [2.45, 2.75) is 53.0 Å². The number of anilines is 2. The lowest BCUT2D eigenvalue weighted by atomic mass is 10.0. The molecule has 1 unspecified atom stereocenters. The molecule has 1 aromatic heterocycles. The zero-order valence-corrected chi connectivity index (χ0v) is 22.4. The van der Waals surface area contributed by atoms with Gasteiger partial charge in [0.15, 0.2) is 0 Å². The Balaban J connectivity index is 0. The molecule has 8 nitrogen and oxygen atoms in total. The Kier molecular flexibility index (Phi) is 22.0. The quantitative estimate of drug-likeness (QED) is 0.298. The van der Waals surface area contributed by atoms with Crippen LogP contribution in [-0.4, -0.2) is 57.3 Å². The van der Waals surface area contributed by atoms with Crippen LogP contribution in [0.2, 0.25) is 0 Å². The van der Waals surface area contributed by atoms with E-state index < -0.39 is 6.43 Å². The third kappa shape index (κ3) is 18.3. The number of carbonyl (C=O) groups excluding carboxylic acids is 2.